The normalized spacial score (nSPS) is 10.4. The van der Waals surface area contributed by atoms with E-state index in [1.165, 1.54) is 25.5 Å². The van der Waals surface area contributed by atoms with E-state index in [9.17, 15) is 19.7 Å². The Morgan fingerprint density at radius 3 is 2.60 bits per heavy atom. The number of carbonyl (C=O) groups excluding carboxylic acids is 2. The first-order valence-electron chi connectivity index (χ1n) is 6.98. The van der Waals surface area contributed by atoms with Gasteiger partial charge < -0.3 is 10.1 Å². The molecule has 0 aliphatic carbocycles. The first-order valence-corrected chi connectivity index (χ1v) is 7.79. The number of ether oxygens (including phenoxy) is 1. The number of hydrogen-bond acceptors (Lipinski definition) is 7. The zero-order chi connectivity index (χ0) is 18.2. The van der Waals surface area contributed by atoms with Crippen LogP contribution in [0.2, 0.25) is 0 Å². The molecule has 0 unspecified atom stereocenters. The molecule has 25 heavy (non-hydrogen) atoms. The molecule has 2 N–H and O–H groups in total. The highest BCUT2D eigenvalue weighted by Gasteiger charge is 2.09. The first kappa shape index (κ1) is 18.1. The predicted molar refractivity (Wildman–Crippen MR) is 92.0 cm³/mol. The van der Waals surface area contributed by atoms with Crippen LogP contribution in [0.1, 0.15) is 15.2 Å². The Kier molecular flexibility index (Phi) is 6.18. The van der Waals surface area contributed by atoms with Gasteiger partial charge in [-0.1, -0.05) is 11.3 Å². The van der Waals surface area contributed by atoms with E-state index in [0.29, 0.717) is 16.2 Å². The minimum atomic E-state index is -0.524. The molecule has 0 aliphatic heterocycles. The van der Waals surface area contributed by atoms with Gasteiger partial charge in [-0.15, -0.1) is 0 Å². The van der Waals surface area contributed by atoms with Crippen molar-refractivity contribution in [3.05, 3.63) is 57.0 Å². The van der Waals surface area contributed by atoms with Crippen molar-refractivity contribution in [2.75, 3.05) is 13.7 Å². The van der Waals surface area contributed by atoms with Gasteiger partial charge in [0.25, 0.3) is 11.8 Å². The summed E-state index contributed by atoms with van der Waals surface area (Å²) in [6.07, 6.45) is 1.29. The van der Waals surface area contributed by atoms with Crippen LogP contribution in [-0.2, 0) is 4.79 Å². The smallest absolute Gasteiger partial charge is 0.324 e. The van der Waals surface area contributed by atoms with Crippen LogP contribution in [-0.4, -0.2) is 36.6 Å². The third-order valence-electron chi connectivity index (χ3n) is 2.94. The maximum Gasteiger partial charge on any atom is 0.324 e. The average Bonchev–Trinajstić information content (AvgIpc) is 3.09. The van der Waals surface area contributed by atoms with Gasteiger partial charge in [-0.3, -0.25) is 19.7 Å². The SMILES string of the molecule is COc1ccc(C(=O)NCC(=O)N/N=C/c2ccc([N+](=O)[O-])s2)cc1. The molecule has 0 bridgehead atoms. The predicted octanol–water partition coefficient (Wildman–Crippen LogP) is 1.54. The van der Waals surface area contributed by atoms with Gasteiger partial charge in [0, 0.05) is 11.6 Å². The monoisotopic (exact) mass is 362 g/mol. The standard InChI is InChI=1S/C15H14N4O5S/c1-24-11-4-2-10(3-5-11)15(21)16-9-13(20)18-17-8-12-6-7-14(25-12)19(22)23/h2-8H,9H2,1H3,(H,16,21)(H,18,20)/b17-8+. The van der Waals surface area contributed by atoms with Gasteiger partial charge in [-0.05, 0) is 30.3 Å². The van der Waals surface area contributed by atoms with Crippen LogP contribution in [0.4, 0.5) is 5.00 Å². The Bertz CT molecular complexity index is 801. The molecule has 0 saturated heterocycles. The summed E-state index contributed by atoms with van der Waals surface area (Å²) >= 11 is 0.931. The van der Waals surface area contributed by atoms with Gasteiger partial charge in [0.05, 0.1) is 29.7 Å². The Balaban J connectivity index is 1.78. The number of methoxy groups -OCH3 is 1. The van der Waals surface area contributed by atoms with Crippen LogP contribution >= 0.6 is 11.3 Å². The fraction of sp³-hybridized carbons (Fsp3) is 0.133. The number of thiophene rings is 1. The van der Waals surface area contributed by atoms with E-state index in [4.69, 9.17) is 4.74 Å². The van der Waals surface area contributed by atoms with Crippen LogP contribution in [0.25, 0.3) is 0 Å². The molecule has 0 radical (unpaired) electrons. The topological polar surface area (TPSA) is 123 Å². The summed E-state index contributed by atoms with van der Waals surface area (Å²) in [4.78, 5) is 34.1. The molecule has 1 aromatic carbocycles. The molecule has 1 heterocycles. The third-order valence-corrected chi connectivity index (χ3v) is 3.91. The largest absolute Gasteiger partial charge is 0.497 e. The van der Waals surface area contributed by atoms with Crippen molar-refractivity contribution in [2.24, 2.45) is 5.10 Å². The van der Waals surface area contributed by atoms with Crippen molar-refractivity contribution in [3.8, 4) is 5.75 Å². The Labute approximate surface area is 146 Å². The van der Waals surface area contributed by atoms with Gasteiger partial charge >= 0.3 is 5.00 Å². The highest BCUT2D eigenvalue weighted by Crippen LogP contribution is 2.22. The van der Waals surface area contributed by atoms with Crippen LogP contribution in [0.15, 0.2) is 41.5 Å². The number of amides is 2. The molecule has 0 fully saturated rings. The van der Waals surface area contributed by atoms with E-state index in [2.05, 4.69) is 15.8 Å². The summed E-state index contributed by atoms with van der Waals surface area (Å²) in [5, 5.41) is 16.7. The molecule has 0 aliphatic rings. The van der Waals surface area contributed by atoms with Gasteiger partial charge in [0.1, 0.15) is 5.75 Å². The van der Waals surface area contributed by atoms with Gasteiger partial charge in [0.2, 0.25) is 0 Å². The molecular weight excluding hydrogens is 348 g/mol. The quantitative estimate of drug-likeness (QED) is 0.439. The number of benzene rings is 1. The minimum absolute atomic E-state index is 0.0143. The Hall–Kier alpha value is -3.27. The summed E-state index contributed by atoms with van der Waals surface area (Å²) < 4.78 is 4.99. The Morgan fingerprint density at radius 1 is 1.28 bits per heavy atom. The van der Waals surface area contributed by atoms with E-state index in [1.807, 2.05) is 0 Å². The molecule has 1 aromatic heterocycles. The molecule has 10 heteroatoms. The molecule has 9 nitrogen and oxygen atoms in total. The van der Waals surface area contributed by atoms with Crippen molar-refractivity contribution in [1.29, 1.82) is 0 Å². The van der Waals surface area contributed by atoms with Crippen LogP contribution in [0.5, 0.6) is 5.75 Å². The average molecular weight is 362 g/mol. The zero-order valence-corrected chi connectivity index (χ0v) is 13.9. The second kappa shape index (κ2) is 8.55. The molecule has 0 atom stereocenters. The van der Waals surface area contributed by atoms with Crippen molar-refractivity contribution in [1.82, 2.24) is 10.7 Å². The summed E-state index contributed by atoms with van der Waals surface area (Å²) in [7, 11) is 1.52. The lowest BCUT2D eigenvalue weighted by molar-refractivity contribution is -0.380. The molecule has 2 aromatic rings. The minimum Gasteiger partial charge on any atom is -0.497 e. The maximum absolute atomic E-state index is 11.9. The van der Waals surface area contributed by atoms with E-state index >= 15 is 0 Å². The van der Waals surface area contributed by atoms with Crippen LogP contribution in [0, 0.1) is 10.1 Å². The maximum atomic E-state index is 11.9. The van der Waals surface area contributed by atoms with Crippen molar-refractivity contribution < 1.29 is 19.2 Å². The van der Waals surface area contributed by atoms with Crippen LogP contribution < -0.4 is 15.5 Å². The van der Waals surface area contributed by atoms with Crippen molar-refractivity contribution >= 4 is 34.4 Å². The van der Waals surface area contributed by atoms with Gasteiger partial charge in [-0.25, -0.2) is 5.43 Å². The summed E-state index contributed by atoms with van der Waals surface area (Å²) in [5.74, 6) is -0.308. The number of nitro groups is 1. The highest BCUT2D eigenvalue weighted by atomic mass is 32.1. The summed E-state index contributed by atoms with van der Waals surface area (Å²) in [5.41, 5.74) is 2.62. The van der Waals surface area contributed by atoms with Crippen molar-refractivity contribution in [2.45, 2.75) is 0 Å². The van der Waals surface area contributed by atoms with E-state index < -0.39 is 16.7 Å². The number of rotatable bonds is 7. The van der Waals surface area contributed by atoms with E-state index in [-0.39, 0.29) is 11.5 Å². The lowest BCUT2D eigenvalue weighted by atomic mass is 10.2. The first-order chi connectivity index (χ1) is 12.0. The second-order valence-corrected chi connectivity index (χ2v) is 5.73. The second-order valence-electron chi connectivity index (χ2n) is 4.64. The fourth-order valence-electron chi connectivity index (χ4n) is 1.72. The third kappa shape index (κ3) is 5.39. The Morgan fingerprint density at radius 2 is 2.00 bits per heavy atom. The van der Waals surface area contributed by atoms with Crippen LogP contribution in [0.3, 0.4) is 0 Å². The summed E-state index contributed by atoms with van der Waals surface area (Å²) in [6, 6.07) is 9.30. The van der Waals surface area contributed by atoms with Gasteiger partial charge in [0.15, 0.2) is 0 Å². The highest BCUT2D eigenvalue weighted by molar-refractivity contribution is 7.16. The molecule has 130 valence electrons. The molecule has 0 saturated carbocycles. The molecular formula is C15H14N4O5S. The molecule has 2 amide bonds. The fourth-order valence-corrected chi connectivity index (χ4v) is 2.42. The van der Waals surface area contributed by atoms with Crippen molar-refractivity contribution in [3.63, 3.8) is 0 Å². The number of nitrogens with zero attached hydrogens (tertiary/aromatic N) is 2. The number of hydrazone groups is 1. The zero-order valence-electron chi connectivity index (χ0n) is 13.1. The van der Waals surface area contributed by atoms with Gasteiger partial charge in [-0.2, -0.15) is 5.10 Å². The van der Waals surface area contributed by atoms with E-state index in [0.717, 1.165) is 11.3 Å². The number of carbonyl (C=O) groups is 2. The lowest BCUT2D eigenvalue weighted by Crippen LogP contribution is -2.34. The van der Waals surface area contributed by atoms with E-state index in [1.54, 1.807) is 24.3 Å². The molecule has 0 spiro atoms. The number of hydrogen-bond donors (Lipinski definition) is 2. The lowest BCUT2D eigenvalue weighted by Gasteiger charge is -2.05. The number of nitrogens with one attached hydrogen (secondary N) is 2. The molecule has 2 rings (SSSR count). The summed E-state index contributed by atoms with van der Waals surface area (Å²) in [6.45, 7) is -0.257.